The monoisotopic (exact) mass is 490 g/mol. The van der Waals surface area contributed by atoms with Crippen molar-refractivity contribution in [2.75, 3.05) is 31.8 Å². The van der Waals surface area contributed by atoms with E-state index in [1.165, 1.54) is 11.7 Å². The maximum absolute atomic E-state index is 12.7. The second-order valence-electron chi connectivity index (χ2n) is 6.47. The summed E-state index contributed by atoms with van der Waals surface area (Å²) in [5.74, 6) is -0.672. The normalized spacial score (nSPS) is 10.5. The maximum atomic E-state index is 12.7. The molecule has 2 N–H and O–H groups in total. The van der Waals surface area contributed by atoms with Crippen molar-refractivity contribution in [2.45, 2.75) is 19.0 Å². The van der Waals surface area contributed by atoms with Crippen molar-refractivity contribution in [1.29, 1.82) is 0 Å². The number of methoxy groups -OCH3 is 1. The molecule has 0 spiro atoms. The van der Waals surface area contributed by atoms with E-state index in [-0.39, 0.29) is 34.7 Å². The van der Waals surface area contributed by atoms with Gasteiger partial charge >= 0.3 is 5.97 Å². The molecule has 0 fully saturated rings. The summed E-state index contributed by atoms with van der Waals surface area (Å²) >= 11 is 2.14. The first-order valence-electron chi connectivity index (χ1n) is 9.77. The van der Waals surface area contributed by atoms with Crippen LogP contribution in [0.25, 0.3) is 5.69 Å². The number of amides is 2. The third-order valence-electron chi connectivity index (χ3n) is 4.40. The molecule has 0 radical (unpaired) electrons. The molecule has 0 saturated carbocycles. The first-order valence-corrected chi connectivity index (χ1v) is 11.6. The Kier molecular flexibility index (Phi) is 8.01. The van der Waals surface area contributed by atoms with Gasteiger partial charge in [-0.1, -0.05) is 11.8 Å². The molecular formula is C20H22N6O5S2. The third kappa shape index (κ3) is 5.49. The van der Waals surface area contributed by atoms with Crippen LogP contribution in [-0.4, -0.2) is 64.5 Å². The lowest BCUT2D eigenvalue weighted by Gasteiger charge is -2.07. The molecule has 0 aliphatic heterocycles. The first-order chi connectivity index (χ1) is 15.9. The van der Waals surface area contributed by atoms with Crippen molar-refractivity contribution in [3.63, 3.8) is 0 Å². The van der Waals surface area contributed by atoms with E-state index in [1.807, 2.05) is 0 Å². The van der Waals surface area contributed by atoms with Gasteiger partial charge in [0, 0.05) is 7.05 Å². The first kappa shape index (κ1) is 24.2. The van der Waals surface area contributed by atoms with Crippen LogP contribution in [0.2, 0.25) is 0 Å². The number of carbonyl (C=O) groups excluding carboxylic acids is 3. The molecule has 3 aromatic rings. The maximum Gasteiger partial charge on any atom is 0.341 e. The van der Waals surface area contributed by atoms with Gasteiger partial charge in [0.05, 0.1) is 35.6 Å². The Bertz CT molecular complexity index is 1160. The van der Waals surface area contributed by atoms with Crippen LogP contribution in [0.3, 0.4) is 0 Å². The van der Waals surface area contributed by atoms with Crippen molar-refractivity contribution < 1.29 is 23.9 Å². The number of ether oxygens (including phenoxy) is 2. The van der Waals surface area contributed by atoms with Crippen molar-refractivity contribution in [2.24, 2.45) is 0 Å². The van der Waals surface area contributed by atoms with Gasteiger partial charge in [-0.25, -0.2) is 4.79 Å². The Balaban J connectivity index is 1.75. The second kappa shape index (κ2) is 10.9. The summed E-state index contributed by atoms with van der Waals surface area (Å²) in [5, 5.41) is 17.5. The minimum atomic E-state index is -0.604. The standard InChI is InChI=1S/C20H22N6O5S2/c1-5-31-19(29)15-11(2)16(17(28)21-3)33-18(15)22-14(27)10-32-20-23-24-25-26(20)12-6-8-13(30-4)9-7-12/h6-9H,5,10H2,1-4H3,(H,21,28)(H,22,27). The van der Waals surface area contributed by atoms with Gasteiger partial charge in [0.15, 0.2) is 0 Å². The van der Waals surface area contributed by atoms with Crippen molar-refractivity contribution in [3.8, 4) is 11.4 Å². The van der Waals surface area contributed by atoms with Gasteiger partial charge < -0.3 is 20.1 Å². The highest BCUT2D eigenvalue weighted by Crippen LogP contribution is 2.34. The molecule has 174 valence electrons. The number of hydrogen-bond acceptors (Lipinski definition) is 10. The fourth-order valence-corrected chi connectivity index (χ4v) is 4.68. The Labute approximate surface area is 197 Å². The van der Waals surface area contributed by atoms with Crippen molar-refractivity contribution in [3.05, 3.63) is 40.3 Å². The van der Waals surface area contributed by atoms with E-state index < -0.39 is 5.97 Å². The molecule has 0 aliphatic carbocycles. The van der Waals surface area contributed by atoms with Crippen LogP contribution in [0.1, 0.15) is 32.5 Å². The highest BCUT2D eigenvalue weighted by molar-refractivity contribution is 7.99. The number of benzene rings is 1. The predicted octanol–water partition coefficient (Wildman–Crippen LogP) is 2.31. The lowest BCUT2D eigenvalue weighted by Crippen LogP contribution is -2.18. The van der Waals surface area contributed by atoms with E-state index in [9.17, 15) is 14.4 Å². The minimum absolute atomic E-state index is 0.0228. The smallest absolute Gasteiger partial charge is 0.341 e. The van der Waals surface area contributed by atoms with Gasteiger partial charge in [-0.05, 0) is 54.1 Å². The fourth-order valence-electron chi connectivity index (χ4n) is 2.83. The molecule has 0 saturated heterocycles. The van der Waals surface area contributed by atoms with Crippen LogP contribution in [0, 0.1) is 6.92 Å². The Morgan fingerprint density at radius 3 is 2.58 bits per heavy atom. The summed E-state index contributed by atoms with van der Waals surface area (Å²) in [6.45, 7) is 3.49. The lowest BCUT2D eigenvalue weighted by atomic mass is 10.1. The van der Waals surface area contributed by atoms with Crippen LogP contribution < -0.4 is 15.4 Å². The topological polar surface area (TPSA) is 137 Å². The quantitative estimate of drug-likeness (QED) is 0.342. The molecule has 0 atom stereocenters. The number of nitrogens with one attached hydrogen (secondary N) is 2. The van der Waals surface area contributed by atoms with E-state index >= 15 is 0 Å². The molecule has 0 aliphatic rings. The van der Waals surface area contributed by atoms with Crippen LogP contribution in [0.15, 0.2) is 29.4 Å². The van der Waals surface area contributed by atoms with Gasteiger partial charge in [0.25, 0.3) is 5.91 Å². The summed E-state index contributed by atoms with van der Waals surface area (Å²) < 4.78 is 11.7. The number of esters is 1. The zero-order valence-electron chi connectivity index (χ0n) is 18.4. The highest BCUT2D eigenvalue weighted by Gasteiger charge is 2.26. The van der Waals surface area contributed by atoms with Crippen LogP contribution >= 0.6 is 23.1 Å². The summed E-state index contributed by atoms with van der Waals surface area (Å²) in [7, 11) is 3.07. The van der Waals surface area contributed by atoms with E-state index in [1.54, 1.807) is 45.2 Å². The molecule has 33 heavy (non-hydrogen) atoms. The predicted molar refractivity (Wildman–Crippen MR) is 123 cm³/mol. The van der Waals surface area contributed by atoms with Gasteiger partial charge in [-0.15, -0.1) is 16.4 Å². The summed E-state index contributed by atoms with van der Waals surface area (Å²) in [4.78, 5) is 37.6. The number of aromatic nitrogens is 4. The largest absolute Gasteiger partial charge is 0.497 e. The lowest BCUT2D eigenvalue weighted by molar-refractivity contribution is -0.113. The number of thiophene rings is 1. The zero-order valence-corrected chi connectivity index (χ0v) is 20.0. The average Bonchev–Trinajstić information content (AvgIpc) is 3.41. The number of tetrazole rings is 1. The second-order valence-corrected chi connectivity index (χ2v) is 8.43. The van der Waals surface area contributed by atoms with Crippen molar-refractivity contribution >= 4 is 45.9 Å². The molecule has 2 aromatic heterocycles. The molecule has 0 unspecified atom stereocenters. The summed E-state index contributed by atoms with van der Waals surface area (Å²) in [6, 6.07) is 7.13. The number of carbonyl (C=O) groups is 3. The fraction of sp³-hybridized carbons (Fsp3) is 0.300. The summed E-state index contributed by atoms with van der Waals surface area (Å²) in [6.07, 6.45) is 0. The molecule has 3 rings (SSSR count). The van der Waals surface area contributed by atoms with E-state index in [0.29, 0.717) is 27.0 Å². The Hall–Kier alpha value is -3.45. The molecule has 0 bridgehead atoms. The molecular weight excluding hydrogens is 468 g/mol. The van der Waals surface area contributed by atoms with Crippen LogP contribution in [0.5, 0.6) is 5.75 Å². The molecule has 1 aromatic carbocycles. The number of hydrogen-bond donors (Lipinski definition) is 2. The number of nitrogens with zero attached hydrogens (tertiary/aromatic N) is 4. The van der Waals surface area contributed by atoms with E-state index in [4.69, 9.17) is 9.47 Å². The molecule has 2 heterocycles. The molecule has 2 amide bonds. The van der Waals surface area contributed by atoms with Gasteiger partial charge in [0.2, 0.25) is 11.1 Å². The highest BCUT2D eigenvalue weighted by atomic mass is 32.2. The number of rotatable bonds is 9. The molecule has 11 nitrogen and oxygen atoms in total. The molecule has 13 heteroatoms. The van der Waals surface area contributed by atoms with Gasteiger partial charge in [-0.3, -0.25) is 9.59 Å². The average molecular weight is 491 g/mol. The summed E-state index contributed by atoms with van der Waals surface area (Å²) in [5.41, 5.74) is 1.32. The third-order valence-corrected chi connectivity index (χ3v) is 6.53. The van der Waals surface area contributed by atoms with Crippen LogP contribution in [-0.2, 0) is 9.53 Å². The number of anilines is 1. The van der Waals surface area contributed by atoms with Gasteiger partial charge in [0.1, 0.15) is 10.8 Å². The Morgan fingerprint density at radius 1 is 1.21 bits per heavy atom. The van der Waals surface area contributed by atoms with Crippen molar-refractivity contribution in [1.82, 2.24) is 25.5 Å². The SMILES string of the molecule is CCOC(=O)c1c(NC(=O)CSc2nnnn2-c2ccc(OC)cc2)sc(C(=O)NC)c1C. The number of thioether (sulfide) groups is 1. The Morgan fingerprint density at radius 2 is 1.94 bits per heavy atom. The van der Waals surface area contributed by atoms with Gasteiger partial charge in [-0.2, -0.15) is 4.68 Å². The van der Waals surface area contributed by atoms with Crippen LogP contribution in [0.4, 0.5) is 5.00 Å². The van der Waals surface area contributed by atoms with E-state index in [0.717, 1.165) is 23.1 Å². The zero-order chi connectivity index (χ0) is 24.0. The minimum Gasteiger partial charge on any atom is -0.497 e. The van der Waals surface area contributed by atoms with E-state index in [2.05, 4.69) is 26.2 Å².